The molecule has 1 aliphatic rings. The highest BCUT2D eigenvalue weighted by molar-refractivity contribution is 7.14. The molecule has 1 saturated carbocycles. The number of thiazole rings is 1. The van der Waals surface area contributed by atoms with Crippen LogP contribution in [0.1, 0.15) is 42.7 Å². The highest BCUT2D eigenvalue weighted by Crippen LogP contribution is 2.23. The molecular weight excluding hydrogens is 408 g/mol. The lowest BCUT2D eigenvalue weighted by atomic mass is 9.89. The van der Waals surface area contributed by atoms with E-state index in [1.807, 2.05) is 17.5 Å². The molecule has 2 aromatic rings. The Morgan fingerprint density at radius 1 is 1.00 bits per heavy atom. The molecule has 3 amide bonds. The Bertz CT molecular complexity index is 814. The number of thiophene rings is 1. The Hall–Kier alpha value is -2.26. The van der Waals surface area contributed by atoms with Crippen LogP contribution in [0.15, 0.2) is 22.9 Å². The Labute approximate surface area is 178 Å². The average Bonchev–Trinajstić information content (AvgIpc) is 3.38. The molecule has 1 aliphatic carbocycles. The van der Waals surface area contributed by atoms with Crippen molar-refractivity contribution in [2.45, 2.75) is 44.9 Å². The molecule has 0 unspecified atom stereocenters. The first-order chi connectivity index (χ1) is 14.1. The number of aromatic nitrogens is 1. The maximum absolute atomic E-state index is 12.1. The summed E-state index contributed by atoms with van der Waals surface area (Å²) in [5, 5.41) is 12.7. The fourth-order valence-corrected chi connectivity index (χ4v) is 4.73. The summed E-state index contributed by atoms with van der Waals surface area (Å²) in [6, 6.07) is 3.83. The Balaban J connectivity index is 1.32. The monoisotopic (exact) mass is 434 g/mol. The van der Waals surface area contributed by atoms with Gasteiger partial charge in [-0.05, 0) is 24.3 Å². The van der Waals surface area contributed by atoms with E-state index in [1.165, 1.54) is 29.1 Å². The van der Waals surface area contributed by atoms with Gasteiger partial charge in [0.25, 0.3) is 0 Å². The average molecular weight is 435 g/mol. The molecule has 2 aromatic heterocycles. The van der Waals surface area contributed by atoms with Gasteiger partial charge < -0.3 is 16.0 Å². The number of nitrogens with zero attached hydrogens (tertiary/aromatic N) is 1. The van der Waals surface area contributed by atoms with E-state index in [9.17, 15) is 14.4 Å². The second-order valence-corrected chi connectivity index (χ2v) is 8.99. The van der Waals surface area contributed by atoms with Crippen LogP contribution in [0.5, 0.6) is 0 Å². The maximum Gasteiger partial charge on any atom is 0.231 e. The van der Waals surface area contributed by atoms with Crippen LogP contribution in [-0.2, 0) is 27.2 Å². The molecule has 0 radical (unpaired) electrons. The van der Waals surface area contributed by atoms with Crippen LogP contribution in [0.3, 0.4) is 0 Å². The number of carbonyl (C=O) groups is 3. The molecule has 2 heterocycles. The fraction of sp³-hybridized carbons (Fsp3) is 0.500. The van der Waals surface area contributed by atoms with Crippen LogP contribution in [0.2, 0.25) is 0 Å². The zero-order valence-electron chi connectivity index (χ0n) is 16.2. The lowest BCUT2D eigenvalue weighted by Crippen LogP contribution is -2.38. The van der Waals surface area contributed by atoms with E-state index in [0.29, 0.717) is 30.3 Å². The molecule has 3 rings (SSSR count). The second kappa shape index (κ2) is 11.1. The number of rotatable bonds is 9. The van der Waals surface area contributed by atoms with Crippen molar-refractivity contribution in [3.63, 3.8) is 0 Å². The van der Waals surface area contributed by atoms with Crippen molar-refractivity contribution >= 4 is 45.5 Å². The summed E-state index contributed by atoms with van der Waals surface area (Å²) in [7, 11) is 0. The summed E-state index contributed by atoms with van der Waals surface area (Å²) in [5.74, 6) is -0.0468. The first kappa shape index (κ1) is 21.4. The number of carbonyl (C=O) groups excluding carboxylic acids is 3. The fourth-order valence-electron chi connectivity index (χ4n) is 3.30. The van der Waals surface area contributed by atoms with Crippen molar-refractivity contribution in [1.82, 2.24) is 15.6 Å². The van der Waals surface area contributed by atoms with E-state index in [1.54, 1.807) is 5.38 Å². The molecule has 0 aliphatic heterocycles. The lowest BCUT2D eigenvalue weighted by Gasteiger charge is -2.20. The third-order valence-corrected chi connectivity index (χ3v) is 6.46. The van der Waals surface area contributed by atoms with Gasteiger partial charge in [0.05, 0.1) is 18.5 Å². The van der Waals surface area contributed by atoms with Crippen LogP contribution < -0.4 is 16.0 Å². The molecule has 3 N–H and O–H groups in total. The van der Waals surface area contributed by atoms with Gasteiger partial charge in [-0.2, -0.15) is 0 Å². The van der Waals surface area contributed by atoms with Crippen molar-refractivity contribution in [3.8, 4) is 0 Å². The van der Waals surface area contributed by atoms with Crippen LogP contribution in [-0.4, -0.2) is 35.8 Å². The van der Waals surface area contributed by atoms with Crippen molar-refractivity contribution in [3.05, 3.63) is 33.5 Å². The summed E-state index contributed by atoms with van der Waals surface area (Å²) in [4.78, 5) is 41.4. The zero-order chi connectivity index (χ0) is 20.5. The van der Waals surface area contributed by atoms with Crippen molar-refractivity contribution < 1.29 is 14.4 Å². The van der Waals surface area contributed by atoms with E-state index < -0.39 is 0 Å². The third kappa shape index (κ3) is 7.25. The van der Waals surface area contributed by atoms with E-state index in [4.69, 9.17) is 0 Å². The summed E-state index contributed by atoms with van der Waals surface area (Å²) in [6.45, 7) is 0.827. The van der Waals surface area contributed by atoms with E-state index in [-0.39, 0.29) is 30.1 Å². The summed E-state index contributed by atoms with van der Waals surface area (Å²) in [5.41, 5.74) is 0.616. The van der Waals surface area contributed by atoms with Crippen LogP contribution >= 0.6 is 22.7 Å². The van der Waals surface area contributed by atoms with Gasteiger partial charge in [0.1, 0.15) is 0 Å². The molecule has 0 aromatic carbocycles. The van der Waals surface area contributed by atoms with Gasteiger partial charge >= 0.3 is 0 Å². The molecule has 1 fully saturated rings. The topological polar surface area (TPSA) is 100 Å². The van der Waals surface area contributed by atoms with Crippen LogP contribution in [0.25, 0.3) is 0 Å². The molecule has 0 saturated heterocycles. The molecular formula is C20H26N4O3S2. The Morgan fingerprint density at radius 3 is 2.55 bits per heavy atom. The second-order valence-electron chi connectivity index (χ2n) is 7.10. The quantitative estimate of drug-likeness (QED) is 0.528. The minimum atomic E-state index is -0.154. The van der Waals surface area contributed by atoms with Gasteiger partial charge in [-0.3, -0.25) is 14.4 Å². The van der Waals surface area contributed by atoms with Gasteiger partial charge in [-0.1, -0.05) is 25.3 Å². The van der Waals surface area contributed by atoms with Crippen molar-refractivity contribution in [1.29, 1.82) is 0 Å². The summed E-state index contributed by atoms with van der Waals surface area (Å²) >= 11 is 2.84. The number of hydrogen-bond donors (Lipinski definition) is 3. The minimum absolute atomic E-state index is 0.0985. The minimum Gasteiger partial charge on any atom is -0.354 e. The van der Waals surface area contributed by atoms with Crippen LogP contribution in [0.4, 0.5) is 5.13 Å². The van der Waals surface area contributed by atoms with E-state index >= 15 is 0 Å². The summed E-state index contributed by atoms with van der Waals surface area (Å²) < 4.78 is 0. The largest absolute Gasteiger partial charge is 0.354 e. The van der Waals surface area contributed by atoms with Crippen LogP contribution in [0, 0.1) is 5.92 Å². The van der Waals surface area contributed by atoms with Gasteiger partial charge in [-0.25, -0.2) is 4.98 Å². The van der Waals surface area contributed by atoms with E-state index in [0.717, 1.165) is 30.6 Å². The third-order valence-electron chi connectivity index (χ3n) is 4.78. The highest BCUT2D eigenvalue weighted by Gasteiger charge is 2.20. The van der Waals surface area contributed by atoms with E-state index in [2.05, 4.69) is 20.9 Å². The smallest absolute Gasteiger partial charge is 0.231 e. The Morgan fingerprint density at radius 2 is 1.79 bits per heavy atom. The van der Waals surface area contributed by atoms with Gasteiger partial charge in [-0.15, -0.1) is 22.7 Å². The van der Waals surface area contributed by atoms with Crippen molar-refractivity contribution in [2.24, 2.45) is 5.92 Å². The van der Waals surface area contributed by atoms with Gasteiger partial charge in [0, 0.05) is 29.3 Å². The molecule has 29 heavy (non-hydrogen) atoms. The zero-order valence-corrected chi connectivity index (χ0v) is 17.9. The van der Waals surface area contributed by atoms with Gasteiger partial charge in [0.2, 0.25) is 17.7 Å². The molecule has 0 spiro atoms. The molecule has 156 valence electrons. The molecule has 0 bridgehead atoms. The van der Waals surface area contributed by atoms with Crippen molar-refractivity contribution in [2.75, 3.05) is 18.4 Å². The summed E-state index contributed by atoms with van der Waals surface area (Å²) in [6.07, 6.45) is 5.87. The normalized spacial score (nSPS) is 14.3. The first-order valence-electron chi connectivity index (χ1n) is 9.91. The SMILES string of the molecule is O=C(Cc1csc(NC(=O)Cc2cccs2)n1)NCCNC(=O)C1CCCCC1. The Kier molecular flexibility index (Phi) is 8.18. The number of anilines is 1. The predicted molar refractivity (Wildman–Crippen MR) is 115 cm³/mol. The molecule has 0 atom stereocenters. The maximum atomic E-state index is 12.1. The number of hydrogen-bond acceptors (Lipinski definition) is 6. The first-order valence-corrected chi connectivity index (χ1v) is 11.7. The highest BCUT2D eigenvalue weighted by atomic mass is 32.1. The predicted octanol–water partition coefficient (Wildman–Crippen LogP) is 2.74. The van der Waals surface area contributed by atoms with Gasteiger partial charge in [0.15, 0.2) is 5.13 Å². The molecule has 7 nitrogen and oxygen atoms in total. The molecule has 9 heteroatoms. The lowest BCUT2D eigenvalue weighted by molar-refractivity contribution is -0.126. The standard InChI is InChI=1S/C20H26N4O3S2/c25-17(21-8-9-22-19(27)14-5-2-1-3-6-14)11-15-13-29-20(23-15)24-18(26)12-16-7-4-10-28-16/h4,7,10,13-14H,1-3,5-6,8-9,11-12H2,(H,21,25)(H,22,27)(H,23,24,26). The number of amides is 3. The number of nitrogens with one attached hydrogen (secondary N) is 3.